The van der Waals surface area contributed by atoms with Crippen LogP contribution in [0.5, 0.6) is 0 Å². The number of benzene rings is 1. The molecule has 0 saturated carbocycles. The minimum atomic E-state index is 0.668. The van der Waals surface area contributed by atoms with Gasteiger partial charge in [-0.25, -0.2) is 0 Å². The molecule has 0 saturated heterocycles. The molecule has 1 unspecified atom stereocenters. The molecule has 0 N–H and O–H groups in total. The third-order valence-electron chi connectivity index (χ3n) is 4.86. The van der Waals surface area contributed by atoms with E-state index in [-0.39, 0.29) is 0 Å². The fourth-order valence-corrected chi connectivity index (χ4v) is 3.36. The molecule has 0 radical (unpaired) electrons. The van der Waals surface area contributed by atoms with Crippen LogP contribution in [0, 0.1) is 0 Å². The number of rotatable bonds is 5. The molecule has 3 nitrogen and oxygen atoms in total. The first kappa shape index (κ1) is 18.6. The Morgan fingerprint density at radius 3 is 2.29 bits per heavy atom. The molecule has 1 aliphatic rings. The smallest absolute Gasteiger partial charge is 0.0568 e. The summed E-state index contributed by atoms with van der Waals surface area (Å²) >= 11 is 0. The van der Waals surface area contributed by atoms with Gasteiger partial charge < -0.3 is 4.90 Å². The fraction of sp³-hybridized carbons (Fsp3) is 0.571. The highest BCUT2D eigenvalue weighted by atomic mass is 15.2. The lowest BCUT2D eigenvalue weighted by Gasteiger charge is -2.11. The molecule has 1 aromatic carbocycles. The van der Waals surface area contributed by atoms with E-state index in [1.54, 1.807) is 0 Å². The van der Waals surface area contributed by atoms with Crippen molar-refractivity contribution in [2.45, 2.75) is 58.8 Å². The summed E-state index contributed by atoms with van der Waals surface area (Å²) in [5, 5.41) is 4.25. The molecule has 2 aromatic rings. The van der Waals surface area contributed by atoms with Crippen LogP contribution < -0.4 is 4.90 Å². The average Bonchev–Trinajstić information content (AvgIpc) is 3.17. The van der Waals surface area contributed by atoms with Gasteiger partial charge in [-0.1, -0.05) is 52.5 Å². The van der Waals surface area contributed by atoms with Crippen LogP contribution >= 0.6 is 0 Å². The molecule has 3 heteroatoms. The molecule has 0 spiro atoms. The zero-order chi connectivity index (χ0) is 17.5. The first-order chi connectivity index (χ1) is 11.6. The molecular weight excluding hydrogens is 294 g/mol. The summed E-state index contributed by atoms with van der Waals surface area (Å²) in [6, 6.07) is 6.78. The SMILES string of the molecule is CCC1CN(C)c2ccc(-c3cnn(C)c3)cc21.CCCCCC. The molecule has 1 atom stereocenters. The fourth-order valence-electron chi connectivity index (χ4n) is 3.36. The van der Waals surface area contributed by atoms with Gasteiger partial charge >= 0.3 is 0 Å². The van der Waals surface area contributed by atoms with E-state index in [0.29, 0.717) is 5.92 Å². The summed E-state index contributed by atoms with van der Waals surface area (Å²) in [5.41, 5.74) is 5.34. The van der Waals surface area contributed by atoms with Crippen molar-refractivity contribution < 1.29 is 0 Å². The zero-order valence-electron chi connectivity index (χ0n) is 16.0. The molecular formula is C21H33N3. The van der Waals surface area contributed by atoms with E-state index in [1.807, 2.05) is 17.9 Å². The first-order valence-electron chi connectivity index (χ1n) is 9.44. The molecule has 0 bridgehead atoms. The predicted molar refractivity (Wildman–Crippen MR) is 105 cm³/mol. The normalized spacial score (nSPS) is 15.9. The lowest BCUT2D eigenvalue weighted by atomic mass is 9.95. The van der Waals surface area contributed by atoms with Crippen molar-refractivity contribution in [2.75, 3.05) is 18.5 Å². The van der Waals surface area contributed by atoms with Gasteiger partial charge in [0.15, 0.2) is 0 Å². The number of nitrogens with zero attached hydrogens (tertiary/aromatic N) is 3. The van der Waals surface area contributed by atoms with Gasteiger partial charge in [0.05, 0.1) is 6.20 Å². The molecule has 0 fully saturated rings. The van der Waals surface area contributed by atoms with Gasteiger partial charge in [0.25, 0.3) is 0 Å². The van der Waals surface area contributed by atoms with E-state index >= 15 is 0 Å². The number of anilines is 1. The second-order valence-corrected chi connectivity index (χ2v) is 6.87. The summed E-state index contributed by atoms with van der Waals surface area (Å²) in [6.07, 6.45) is 10.7. The standard InChI is InChI=1S/C15H19N3.C6H14/c1-4-11-9-17(2)15-6-5-12(7-14(11)15)13-8-16-18(3)10-13;1-3-5-6-4-2/h5-8,10-11H,4,9H2,1-3H3;3-6H2,1-2H3. The third kappa shape index (κ3) is 4.40. The Labute approximate surface area is 147 Å². The van der Waals surface area contributed by atoms with Crippen molar-refractivity contribution in [3.05, 3.63) is 36.2 Å². The van der Waals surface area contributed by atoms with Crippen molar-refractivity contribution >= 4 is 5.69 Å². The lowest BCUT2D eigenvalue weighted by molar-refractivity contribution is 0.696. The van der Waals surface area contributed by atoms with Gasteiger partial charge in [-0.2, -0.15) is 5.10 Å². The number of hydrogen-bond donors (Lipinski definition) is 0. The van der Waals surface area contributed by atoms with Gasteiger partial charge in [0.2, 0.25) is 0 Å². The van der Waals surface area contributed by atoms with E-state index in [2.05, 4.69) is 62.2 Å². The third-order valence-corrected chi connectivity index (χ3v) is 4.86. The highest BCUT2D eigenvalue weighted by Crippen LogP contribution is 2.39. The maximum Gasteiger partial charge on any atom is 0.0568 e. The first-order valence-corrected chi connectivity index (χ1v) is 9.44. The monoisotopic (exact) mass is 327 g/mol. The Kier molecular flexibility index (Phi) is 6.89. The number of likely N-dealkylation sites (N-methyl/N-ethyl adjacent to an activating group) is 1. The van der Waals surface area contributed by atoms with Gasteiger partial charge in [0.1, 0.15) is 0 Å². The van der Waals surface area contributed by atoms with Crippen LogP contribution in [0.2, 0.25) is 0 Å². The molecule has 24 heavy (non-hydrogen) atoms. The quantitative estimate of drug-likeness (QED) is 0.665. The number of unbranched alkanes of at least 4 members (excludes halogenated alkanes) is 3. The summed E-state index contributed by atoms with van der Waals surface area (Å²) in [6.45, 7) is 7.87. The molecule has 3 rings (SSSR count). The van der Waals surface area contributed by atoms with Crippen molar-refractivity contribution in [2.24, 2.45) is 7.05 Å². The van der Waals surface area contributed by atoms with E-state index in [4.69, 9.17) is 0 Å². The van der Waals surface area contributed by atoms with Crippen LogP contribution in [-0.4, -0.2) is 23.4 Å². The second kappa shape index (κ2) is 8.91. The van der Waals surface area contributed by atoms with Crippen molar-refractivity contribution in [1.82, 2.24) is 9.78 Å². The van der Waals surface area contributed by atoms with Crippen LogP contribution in [0.1, 0.15) is 64.4 Å². The van der Waals surface area contributed by atoms with Crippen LogP contribution in [0.4, 0.5) is 5.69 Å². The van der Waals surface area contributed by atoms with Crippen molar-refractivity contribution in [3.63, 3.8) is 0 Å². The molecule has 0 amide bonds. The molecule has 2 heterocycles. The van der Waals surface area contributed by atoms with Crippen LogP contribution in [0.25, 0.3) is 11.1 Å². The molecule has 0 aliphatic carbocycles. The maximum atomic E-state index is 4.25. The topological polar surface area (TPSA) is 21.1 Å². The lowest BCUT2D eigenvalue weighted by Crippen LogP contribution is -2.14. The number of aryl methyl sites for hydroxylation is 1. The largest absolute Gasteiger partial charge is 0.374 e. The highest BCUT2D eigenvalue weighted by Gasteiger charge is 2.25. The summed E-state index contributed by atoms with van der Waals surface area (Å²) in [7, 11) is 4.14. The molecule has 1 aliphatic heterocycles. The summed E-state index contributed by atoms with van der Waals surface area (Å²) < 4.78 is 1.85. The van der Waals surface area contributed by atoms with Gasteiger partial charge in [0, 0.05) is 44.0 Å². The van der Waals surface area contributed by atoms with Crippen molar-refractivity contribution in [1.29, 1.82) is 0 Å². The highest BCUT2D eigenvalue weighted by molar-refractivity contribution is 5.70. The summed E-state index contributed by atoms with van der Waals surface area (Å²) in [5.74, 6) is 0.668. The van der Waals surface area contributed by atoms with E-state index in [0.717, 1.165) is 6.54 Å². The molecule has 132 valence electrons. The number of fused-ring (bicyclic) bond motifs is 1. The molecule has 1 aromatic heterocycles. The zero-order valence-corrected chi connectivity index (χ0v) is 16.0. The van der Waals surface area contributed by atoms with Crippen molar-refractivity contribution in [3.8, 4) is 11.1 Å². The van der Waals surface area contributed by atoms with E-state index < -0.39 is 0 Å². The Balaban J connectivity index is 0.000000301. The number of hydrogen-bond acceptors (Lipinski definition) is 2. The Morgan fingerprint density at radius 1 is 1.04 bits per heavy atom. The Morgan fingerprint density at radius 2 is 1.75 bits per heavy atom. The minimum absolute atomic E-state index is 0.668. The average molecular weight is 328 g/mol. The minimum Gasteiger partial charge on any atom is -0.374 e. The van der Waals surface area contributed by atoms with Crippen LogP contribution in [0.15, 0.2) is 30.6 Å². The van der Waals surface area contributed by atoms with Gasteiger partial charge in [-0.15, -0.1) is 0 Å². The van der Waals surface area contributed by atoms with Crippen LogP contribution in [0.3, 0.4) is 0 Å². The summed E-state index contributed by atoms with van der Waals surface area (Å²) in [4.78, 5) is 2.36. The predicted octanol–water partition coefficient (Wildman–Crippen LogP) is 5.62. The van der Waals surface area contributed by atoms with Crippen LogP contribution in [-0.2, 0) is 7.05 Å². The van der Waals surface area contributed by atoms with E-state index in [9.17, 15) is 0 Å². The van der Waals surface area contributed by atoms with E-state index in [1.165, 1.54) is 54.5 Å². The Hall–Kier alpha value is -1.77. The Bertz CT molecular complexity index is 626. The second-order valence-electron chi connectivity index (χ2n) is 6.87. The maximum absolute atomic E-state index is 4.25. The van der Waals surface area contributed by atoms with Gasteiger partial charge in [-0.05, 0) is 29.7 Å². The van der Waals surface area contributed by atoms with Gasteiger partial charge in [-0.3, -0.25) is 4.68 Å². The number of aromatic nitrogens is 2.